The third-order valence-electron chi connectivity index (χ3n) is 2.62. The fourth-order valence-corrected chi connectivity index (χ4v) is 1.59. The second-order valence-corrected chi connectivity index (χ2v) is 4.10. The smallest absolute Gasteiger partial charge is 0.335 e. The monoisotopic (exact) mass is 285 g/mol. The van der Waals surface area contributed by atoms with Gasteiger partial charge in [-0.3, -0.25) is 15.5 Å². The number of aromatic carboxylic acids is 1. The molecule has 0 radical (unpaired) electrons. The van der Waals surface area contributed by atoms with Crippen molar-refractivity contribution in [2.24, 2.45) is 5.10 Å². The highest BCUT2D eigenvalue weighted by Crippen LogP contribution is 2.12. The maximum Gasteiger partial charge on any atom is 0.335 e. The van der Waals surface area contributed by atoms with Crippen molar-refractivity contribution in [2.45, 2.75) is 0 Å². The molecule has 0 bridgehead atoms. The molecule has 0 aromatic heterocycles. The SMILES string of the molecule is O=C(O)c1cccc(NN=Cc2ccc([N+](=O)[O-])cc2)c1. The van der Waals surface area contributed by atoms with Gasteiger partial charge in [0.25, 0.3) is 5.69 Å². The minimum atomic E-state index is -1.02. The lowest BCUT2D eigenvalue weighted by molar-refractivity contribution is -0.384. The van der Waals surface area contributed by atoms with Gasteiger partial charge in [-0.2, -0.15) is 5.10 Å². The zero-order chi connectivity index (χ0) is 15.2. The van der Waals surface area contributed by atoms with Crippen LogP contribution >= 0.6 is 0 Å². The average molecular weight is 285 g/mol. The third kappa shape index (κ3) is 3.87. The van der Waals surface area contributed by atoms with Crippen LogP contribution in [0.25, 0.3) is 0 Å². The van der Waals surface area contributed by atoms with Gasteiger partial charge in [0, 0.05) is 12.1 Å². The lowest BCUT2D eigenvalue weighted by Gasteiger charge is -2.01. The quantitative estimate of drug-likeness (QED) is 0.499. The highest BCUT2D eigenvalue weighted by Gasteiger charge is 2.03. The summed E-state index contributed by atoms with van der Waals surface area (Å²) in [5.74, 6) is -1.02. The molecule has 2 aromatic carbocycles. The number of anilines is 1. The first-order valence-electron chi connectivity index (χ1n) is 5.93. The molecule has 0 unspecified atom stereocenters. The Labute approximate surface area is 119 Å². The predicted octanol–water partition coefficient (Wildman–Crippen LogP) is 2.74. The van der Waals surface area contributed by atoms with Gasteiger partial charge in [-0.05, 0) is 35.9 Å². The van der Waals surface area contributed by atoms with Gasteiger partial charge in [0.05, 0.1) is 22.4 Å². The summed E-state index contributed by atoms with van der Waals surface area (Å²) in [4.78, 5) is 20.8. The summed E-state index contributed by atoms with van der Waals surface area (Å²) in [5.41, 5.74) is 4.08. The molecule has 106 valence electrons. The normalized spacial score (nSPS) is 10.5. The van der Waals surface area contributed by atoms with Crippen LogP contribution in [0.5, 0.6) is 0 Å². The molecule has 0 aliphatic carbocycles. The highest BCUT2D eigenvalue weighted by atomic mass is 16.6. The first kappa shape index (κ1) is 14.2. The number of non-ortho nitro benzene ring substituents is 1. The molecule has 0 heterocycles. The zero-order valence-corrected chi connectivity index (χ0v) is 10.8. The van der Waals surface area contributed by atoms with Gasteiger partial charge in [0.15, 0.2) is 0 Å². The number of nitro benzene ring substituents is 1. The Morgan fingerprint density at radius 2 is 1.95 bits per heavy atom. The number of carbonyl (C=O) groups is 1. The van der Waals surface area contributed by atoms with E-state index in [1.807, 2.05) is 0 Å². The molecule has 0 saturated heterocycles. The summed E-state index contributed by atoms with van der Waals surface area (Å²) < 4.78 is 0. The van der Waals surface area contributed by atoms with Crippen molar-refractivity contribution >= 4 is 23.6 Å². The fraction of sp³-hybridized carbons (Fsp3) is 0. The number of carboxylic acids is 1. The molecule has 0 aliphatic rings. The van der Waals surface area contributed by atoms with Crippen LogP contribution in [0, 0.1) is 10.1 Å². The lowest BCUT2D eigenvalue weighted by Crippen LogP contribution is -1.97. The molecular weight excluding hydrogens is 274 g/mol. The van der Waals surface area contributed by atoms with E-state index in [0.717, 1.165) is 0 Å². The van der Waals surface area contributed by atoms with E-state index >= 15 is 0 Å². The first-order chi connectivity index (χ1) is 10.1. The number of carboxylic acid groups (broad SMARTS) is 1. The molecule has 0 spiro atoms. The van der Waals surface area contributed by atoms with Crippen LogP contribution in [0.15, 0.2) is 53.6 Å². The van der Waals surface area contributed by atoms with Crippen molar-refractivity contribution in [3.8, 4) is 0 Å². The Morgan fingerprint density at radius 3 is 2.57 bits per heavy atom. The summed E-state index contributed by atoms with van der Waals surface area (Å²) in [6, 6.07) is 12.1. The molecular formula is C14H11N3O4. The number of nitrogens with zero attached hydrogens (tertiary/aromatic N) is 2. The number of hydrogen-bond acceptors (Lipinski definition) is 5. The molecule has 0 saturated carbocycles. The van der Waals surface area contributed by atoms with Crippen molar-refractivity contribution in [3.05, 3.63) is 69.8 Å². The van der Waals surface area contributed by atoms with Crippen LogP contribution in [0.4, 0.5) is 11.4 Å². The van der Waals surface area contributed by atoms with Crippen molar-refractivity contribution < 1.29 is 14.8 Å². The number of nitro groups is 1. The van der Waals surface area contributed by atoms with Crippen LogP contribution in [0.2, 0.25) is 0 Å². The van der Waals surface area contributed by atoms with Gasteiger partial charge in [-0.25, -0.2) is 4.79 Å². The molecule has 7 heteroatoms. The van der Waals surface area contributed by atoms with Crippen LogP contribution in [0.3, 0.4) is 0 Å². The van der Waals surface area contributed by atoms with Gasteiger partial charge in [-0.1, -0.05) is 6.07 Å². The van der Waals surface area contributed by atoms with Gasteiger partial charge >= 0.3 is 5.97 Å². The molecule has 0 fully saturated rings. The Hall–Kier alpha value is -3.22. The van der Waals surface area contributed by atoms with Crippen LogP contribution in [-0.2, 0) is 0 Å². The number of rotatable bonds is 5. The fourth-order valence-electron chi connectivity index (χ4n) is 1.59. The predicted molar refractivity (Wildman–Crippen MR) is 77.7 cm³/mol. The highest BCUT2D eigenvalue weighted by molar-refractivity contribution is 5.88. The second-order valence-electron chi connectivity index (χ2n) is 4.10. The van der Waals surface area contributed by atoms with Gasteiger partial charge in [0.1, 0.15) is 0 Å². The lowest BCUT2D eigenvalue weighted by atomic mass is 10.2. The van der Waals surface area contributed by atoms with Crippen molar-refractivity contribution in [1.82, 2.24) is 0 Å². The number of hydrogen-bond donors (Lipinski definition) is 2. The van der Waals surface area contributed by atoms with Crippen molar-refractivity contribution in [3.63, 3.8) is 0 Å². The van der Waals surface area contributed by atoms with Gasteiger partial charge < -0.3 is 5.11 Å². The van der Waals surface area contributed by atoms with E-state index in [-0.39, 0.29) is 11.3 Å². The summed E-state index contributed by atoms with van der Waals surface area (Å²) in [6.45, 7) is 0. The van der Waals surface area contributed by atoms with E-state index in [2.05, 4.69) is 10.5 Å². The standard InChI is InChI=1S/C14H11N3O4/c18-14(19)11-2-1-3-12(8-11)16-15-9-10-4-6-13(7-5-10)17(20)21/h1-9,16H,(H,18,19). The Morgan fingerprint density at radius 1 is 1.24 bits per heavy atom. The van der Waals surface area contributed by atoms with Crippen molar-refractivity contribution in [1.29, 1.82) is 0 Å². The second kappa shape index (κ2) is 6.29. The maximum atomic E-state index is 10.8. The Kier molecular flexibility index (Phi) is 4.25. The Balaban J connectivity index is 2.03. The summed E-state index contributed by atoms with van der Waals surface area (Å²) in [5, 5.41) is 23.3. The van der Waals surface area contributed by atoms with Crippen molar-refractivity contribution in [2.75, 3.05) is 5.43 Å². The minimum absolute atomic E-state index is 0.00858. The molecule has 2 aromatic rings. The minimum Gasteiger partial charge on any atom is -0.478 e. The molecule has 0 atom stereocenters. The largest absolute Gasteiger partial charge is 0.478 e. The molecule has 7 nitrogen and oxygen atoms in total. The van der Waals surface area contributed by atoms with Crippen LogP contribution in [-0.4, -0.2) is 22.2 Å². The molecule has 0 amide bonds. The van der Waals surface area contributed by atoms with E-state index in [4.69, 9.17) is 5.11 Å². The Bertz CT molecular complexity index is 696. The molecule has 2 rings (SSSR count). The molecule has 2 N–H and O–H groups in total. The van der Waals surface area contributed by atoms with E-state index in [1.165, 1.54) is 30.5 Å². The van der Waals surface area contributed by atoms with E-state index in [0.29, 0.717) is 11.3 Å². The molecule has 0 aliphatic heterocycles. The first-order valence-corrected chi connectivity index (χ1v) is 5.93. The van der Waals surface area contributed by atoms with E-state index in [1.54, 1.807) is 24.3 Å². The summed E-state index contributed by atoms with van der Waals surface area (Å²) >= 11 is 0. The number of benzene rings is 2. The maximum absolute atomic E-state index is 10.8. The van der Waals surface area contributed by atoms with Crippen LogP contribution in [0.1, 0.15) is 15.9 Å². The van der Waals surface area contributed by atoms with E-state index in [9.17, 15) is 14.9 Å². The third-order valence-corrected chi connectivity index (χ3v) is 2.62. The molecule has 21 heavy (non-hydrogen) atoms. The number of nitrogens with one attached hydrogen (secondary N) is 1. The summed E-state index contributed by atoms with van der Waals surface area (Å²) in [7, 11) is 0. The summed E-state index contributed by atoms with van der Waals surface area (Å²) in [6.07, 6.45) is 1.48. The van der Waals surface area contributed by atoms with E-state index < -0.39 is 10.9 Å². The van der Waals surface area contributed by atoms with Gasteiger partial charge in [0.2, 0.25) is 0 Å². The topological polar surface area (TPSA) is 105 Å². The number of hydrazone groups is 1. The zero-order valence-electron chi connectivity index (χ0n) is 10.8. The van der Waals surface area contributed by atoms with Gasteiger partial charge in [-0.15, -0.1) is 0 Å². The van der Waals surface area contributed by atoms with Crippen LogP contribution < -0.4 is 5.43 Å². The average Bonchev–Trinajstić information content (AvgIpc) is 2.48.